The SMILES string of the molecule is CCNC(=NCc1ncc(-c2ccccc2)[nH]1)NCC1(CCO)CCCCC1. The summed E-state index contributed by atoms with van der Waals surface area (Å²) in [5, 5.41) is 16.4. The van der Waals surface area contributed by atoms with Crippen molar-refractivity contribution in [1.29, 1.82) is 0 Å². The van der Waals surface area contributed by atoms with Gasteiger partial charge in [-0.1, -0.05) is 49.6 Å². The van der Waals surface area contributed by atoms with Crippen LogP contribution in [0.4, 0.5) is 0 Å². The van der Waals surface area contributed by atoms with E-state index >= 15 is 0 Å². The monoisotopic (exact) mass is 383 g/mol. The second kappa shape index (κ2) is 10.3. The highest BCUT2D eigenvalue weighted by Gasteiger charge is 2.31. The highest BCUT2D eigenvalue weighted by atomic mass is 16.3. The molecule has 1 aliphatic carbocycles. The third kappa shape index (κ3) is 5.58. The molecular weight excluding hydrogens is 350 g/mol. The fourth-order valence-corrected chi connectivity index (χ4v) is 4.03. The number of hydrogen-bond donors (Lipinski definition) is 4. The van der Waals surface area contributed by atoms with E-state index in [1.165, 1.54) is 32.1 Å². The second-order valence-corrected chi connectivity index (χ2v) is 7.69. The van der Waals surface area contributed by atoms with Gasteiger partial charge in [0.25, 0.3) is 0 Å². The molecule has 2 aromatic rings. The van der Waals surface area contributed by atoms with Gasteiger partial charge in [-0.25, -0.2) is 9.98 Å². The summed E-state index contributed by atoms with van der Waals surface area (Å²) in [5.41, 5.74) is 2.32. The van der Waals surface area contributed by atoms with Gasteiger partial charge in [0.05, 0.1) is 11.9 Å². The molecule has 4 N–H and O–H groups in total. The summed E-state index contributed by atoms with van der Waals surface area (Å²) in [4.78, 5) is 12.5. The Balaban J connectivity index is 1.61. The number of nitrogens with one attached hydrogen (secondary N) is 3. The lowest BCUT2D eigenvalue weighted by molar-refractivity contribution is 0.131. The Morgan fingerprint density at radius 3 is 2.68 bits per heavy atom. The summed E-state index contributed by atoms with van der Waals surface area (Å²) in [6, 6.07) is 10.2. The molecule has 6 heteroatoms. The molecule has 1 aliphatic rings. The fourth-order valence-electron chi connectivity index (χ4n) is 4.03. The van der Waals surface area contributed by atoms with Crippen LogP contribution in [0.5, 0.6) is 0 Å². The Labute approximate surface area is 167 Å². The number of aromatic amines is 1. The summed E-state index contributed by atoms with van der Waals surface area (Å²) in [7, 11) is 0. The van der Waals surface area contributed by atoms with E-state index in [0.717, 1.165) is 42.6 Å². The van der Waals surface area contributed by atoms with Crippen LogP contribution in [0.25, 0.3) is 11.3 Å². The van der Waals surface area contributed by atoms with Crippen molar-refractivity contribution in [3.05, 3.63) is 42.4 Å². The van der Waals surface area contributed by atoms with Crippen LogP contribution in [0.15, 0.2) is 41.5 Å². The average molecular weight is 384 g/mol. The normalized spacial score (nSPS) is 16.7. The van der Waals surface area contributed by atoms with E-state index in [-0.39, 0.29) is 12.0 Å². The Morgan fingerprint density at radius 1 is 1.18 bits per heavy atom. The molecule has 1 aromatic carbocycles. The summed E-state index contributed by atoms with van der Waals surface area (Å²) in [5.74, 6) is 1.65. The third-order valence-electron chi connectivity index (χ3n) is 5.63. The number of imidazole rings is 1. The van der Waals surface area contributed by atoms with E-state index in [1.54, 1.807) is 0 Å². The number of nitrogens with zero attached hydrogens (tertiary/aromatic N) is 2. The van der Waals surface area contributed by atoms with Gasteiger partial charge in [-0.3, -0.25) is 0 Å². The molecule has 6 nitrogen and oxygen atoms in total. The maximum atomic E-state index is 9.51. The van der Waals surface area contributed by atoms with Gasteiger partial charge in [-0.2, -0.15) is 0 Å². The van der Waals surface area contributed by atoms with Crippen molar-refractivity contribution in [3.63, 3.8) is 0 Å². The largest absolute Gasteiger partial charge is 0.396 e. The summed E-state index contributed by atoms with van der Waals surface area (Å²) < 4.78 is 0. The van der Waals surface area contributed by atoms with Gasteiger partial charge in [0.15, 0.2) is 5.96 Å². The molecule has 0 saturated heterocycles. The zero-order chi connectivity index (χ0) is 19.7. The zero-order valence-electron chi connectivity index (χ0n) is 16.9. The van der Waals surface area contributed by atoms with Crippen molar-refractivity contribution in [2.75, 3.05) is 19.7 Å². The number of aromatic nitrogens is 2. The van der Waals surface area contributed by atoms with Crippen molar-refractivity contribution in [2.45, 2.75) is 52.0 Å². The topological polar surface area (TPSA) is 85.3 Å². The number of H-pyrrole nitrogens is 1. The van der Waals surface area contributed by atoms with Gasteiger partial charge in [0.2, 0.25) is 0 Å². The van der Waals surface area contributed by atoms with Crippen molar-refractivity contribution >= 4 is 5.96 Å². The van der Waals surface area contributed by atoms with Crippen LogP contribution in [0, 0.1) is 5.41 Å². The van der Waals surface area contributed by atoms with E-state index < -0.39 is 0 Å². The lowest BCUT2D eigenvalue weighted by Crippen LogP contribution is -2.45. The first-order chi connectivity index (χ1) is 13.7. The zero-order valence-corrected chi connectivity index (χ0v) is 16.9. The maximum absolute atomic E-state index is 9.51. The first-order valence-corrected chi connectivity index (χ1v) is 10.5. The van der Waals surface area contributed by atoms with E-state index in [1.807, 2.05) is 24.4 Å². The summed E-state index contributed by atoms with van der Waals surface area (Å²) >= 11 is 0. The van der Waals surface area contributed by atoms with Gasteiger partial charge in [0.1, 0.15) is 12.4 Å². The standard InChI is InChI=1S/C22H33N5O/c1-2-23-21(26-17-22(13-14-28)11-7-4-8-12-22)25-16-20-24-15-19(27-20)18-9-5-3-6-10-18/h3,5-6,9-10,15,28H,2,4,7-8,11-14,16-17H2,1H3,(H,24,27)(H2,23,25,26). The summed E-state index contributed by atoms with van der Waals surface area (Å²) in [6.07, 6.45) is 8.89. The minimum Gasteiger partial charge on any atom is -0.396 e. The number of aliphatic hydroxyl groups excluding tert-OH is 1. The number of aliphatic imine (C=N–C) groups is 1. The molecule has 0 unspecified atom stereocenters. The summed E-state index contributed by atoms with van der Waals surface area (Å²) in [6.45, 7) is 4.49. The lowest BCUT2D eigenvalue weighted by atomic mass is 9.72. The maximum Gasteiger partial charge on any atom is 0.191 e. The van der Waals surface area contributed by atoms with Crippen LogP contribution in [-0.4, -0.2) is 40.7 Å². The molecule has 0 amide bonds. The molecule has 0 bridgehead atoms. The van der Waals surface area contributed by atoms with Crippen molar-refractivity contribution < 1.29 is 5.11 Å². The van der Waals surface area contributed by atoms with Crippen LogP contribution in [0.1, 0.15) is 51.3 Å². The number of hydrogen-bond acceptors (Lipinski definition) is 3. The first kappa shape index (κ1) is 20.4. The first-order valence-electron chi connectivity index (χ1n) is 10.5. The molecule has 0 spiro atoms. The fraction of sp³-hybridized carbons (Fsp3) is 0.545. The van der Waals surface area contributed by atoms with Crippen LogP contribution >= 0.6 is 0 Å². The lowest BCUT2D eigenvalue weighted by Gasteiger charge is -2.37. The highest BCUT2D eigenvalue weighted by Crippen LogP contribution is 2.38. The molecule has 0 aliphatic heterocycles. The molecule has 1 saturated carbocycles. The Bertz CT molecular complexity index is 729. The predicted octanol–water partition coefficient (Wildman–Crippen LogP) is 3.46. The van der Waals surface area contributed by atoms with Crippen LogP contribution < -0.4 is 10.6 Å². The Morgan fingerprint density at radius 2 is 1.96 bits per heavy atom. The number of aliphatic hydroxyl groups is 1. The molecular formula is C22H33N5O. The average Bonchev–Trinajstić information content (AvgIpc) is 3.21. The van der Waals surface area contributed by atoms with Crippen molar-refractivity contribution in [1.82, 2.24) is 20.6 Å². The van der Waals surface area contributed by atoms with E-state index in [2.05, 4.69) is 39.7 Å². The quantitative estimate of drug-likeness (QED) is 0.415. The molecule has 28 heavy (non-hydrogen) atoms. The number of guanidine groups is 1. The van der Waals surface area contributed by atoms with Gasteiger partial charge in [0, 0.05) is 19.7 Å². The van der Waals surface area contributed by atoms with Crippen molar-refractivity contribution in [3.8, 4) is 11.3 Å². The predicted molar refractivity (Wildman–Crippen MR) is 114 cm³/mol. The highest BCUT2D eigenvalue weighted by molar-refractivity contribution is 5.79. The van der Waals surface area contributed by atoms with Crippen LogP contribution in [0.3, 0.4) is 0 Å². The molecule has 0 atom stereocenters. The van der Waals surface area contributed by atoms with Gasteiger partial charge < -0.3 is 20.7 Å². The molecule has 3 rings (SSSR count). The Hall–Kier alpha value is -2.34. The van der Waals surface area contributed by atoms with Crippen LogP contribution in [-0.2, 0) is 6.54 Å². The van der Waals surface area contributed by atoms with Gasteiger partial charge in [-0.05, 0) is 37.2 Å². The molecule has 1 heterocycles. The van der Waals surface area contributed by atoms with Crippen molar-refractivity contribution in [2.24, 2.45) is 10.4 Å². The smallest absolute Gasteiger partial charge is 0.191 e. The van der Waals surface area contributed by atoms with E-state index in [0.29, 0.717) is 6.54 Å². The molecule has 1 aromatic heterocycles. The minimum atomic E-state index is 0.189. The third-order valence-corrected chi connectivity index (χ3v) is 5.63. The molecule has 152 valence electrons. The van der Waals surface area contributed by atoms with Gasteiger partial charge >= 0.3 is 0 Å². The van der Waals surface area contributed by atoms with Crippen LogP contribution in [0.2, 0.25) is 0 Å². The molecule has 1 fully saturated rings. The molecule has 0 radical (unpaired) electrons. The number of benzene rings is 1. The van der Waals surface area contributed by atoms with Gasteiger partial charge in [-0.15, -0.1) is 0 Å². The second-order valence-electron chi connectivity index (χ2n) is 7.69. The Kier molecular flexibility index (Phi) is 7.48. The van der Waals surface area contributed by atoms with E-state index in [9.17, 15) is 5.11 Å². The minimum absolute atomic E-state index is 0.189. The number of rotatable bonds is 8. The van der Waals surface area contributed by atoms with E-state index in [4.69, 9.17) is 4.99 Å².